The van der Waals surface area contributed by atoms with Crippen molar-refractivity contribution in [2.75, 3.05) is 13.1 Å². The van der Waals surface area contributed by atoms with Gasteiger partial charge in [-0.2, -0.15) is 0 Å². The lowest BCUT2D eigenvalue weighted by Crippen LogP contribution is -2.56. The average Bonchev–Trinajstić information content (AvgIpc) is 2.86. The maximum atomic E-state index is 12.9. The Balaban J connectivity index is 1.38. The molecule has 0 spiro atoms. The van der Waals surface area contributed by atoms with Gasteiger partial charge < -0.3 is 4.74 Å². The van der Waals surface area contributed by atoms with Gasteiger partial charge in [0.2, 0.25) is 0 Å². The molecule has 3 heteroatoms. The summed E-state index contributed by atoms with van der Waals surface area (Å²) in [6, 6.07) is -0.0260. The molecule has 2 bridgehead atoms. The van der Waals surface area contributed by atoms with E-state index in [-0.39, 0.29) is 28.9 Å². The summed E-state index contributed by atoms with van der Waals surface area (Å²) in [5.74, 6) is 0.741. The largest absolute Gasteiger partial charge is 0.461 e. The second kappa shape index (κ2) is 5.70. The van der Waals surface area contributed by atoms with E-state index in [1.54, 1.807) is 0 Å². The lowest BCUT2D eigenvalue weighted by molar-refractivity contribution is -0.169. The van der Waals surface area contributed by atoms with Gasteiger partial charge in [0.1, 0.15) is 12.1 Å². The van der Waals surface area contributed by atoms with E-state index >= 15 is 0 Å². The summed E-state index contributed by atoms with van der Waals surface area (Å²) < 4.78 is 6.13. The third-order valence-electron chi connectivity index (χ3n) is 8.27. The fraction of sp³-hybridized carbons (Fsp3) is 0.773. The Morgan fingerprint density at radius 3 is 2.52 bits per heavy atom. The smallest absolute Gasteiger partial charge is 0.323 e. The van der Waals surface area contributed by atoms with Gasteiger partial charge in [-0.15, -0.1) is 0 Å². The first-order valence-electron chi connectivity index (χ1n) is 10.0. The average molecular weight is 344 g/mol. The second-order valence-corrected chi connectivity index (χ2v) is 9.96. The monoisotopic (exact) mass is 343 g/mol. The van der Waals surface area contributed by atoms with Crippen molar-refractivity contribution in [1.82, 2.24) is 4.90 Å². The van der Waals surface area contributed by atoms with Gasteiger partial charge in [0.05, 0.1) is 0 Å². The topological polar surface area (TPSA) is 29.5 Å². The Morgan fingerprint density at radius 2 is 2.00 bits per heavy atom. The van der Waals surface area contributed by atoms with Crippen LogP contribution in [0.4, 0.5) is 0 Å². The van der Waals surface area contributed by atoms with Crippen molar-refractivity contribution in [1.29, 1.82) is 0 Å². The van der Waals surface area contributed by atoms with E-state index in [1.165, 1.54) is 12.8 Å². The van der Waals surface area contributed by atoms with Gasteiger partial charge in [-0.05, 0) is 43.4 Å². The Bertz CT molecular complexity index is 622. The SMILES string of the molecule is CC1(CN2CCC2C(=O)OC2CC3CCC2(C)C3(C)C)C=CC=CC1. The molecule has 0 amide bonds. The molecule has 4 rings (SSSR count). The normalized spacial score (nSPS) is 44.7. The van der Waals surface area contributed by atoms with Crippen molar-refractivity contribution in [2.45, 2.75) is 71.9 Å². The molecule has 3 aliphatic carbocycles. The molecule has 138 valence electrons. The second-order valence-electron chi connectivity index (χ2n) is 9.96. The van der Waals surface area contributed by atoms with Crippen LogP contribution in [0.1, 0.15) is 59.8 Å². The molecule has 4 aliphatic rings. The number of carbonyl (C=O) groups excluding carboxylic acids is 1. The molecule has 0 aromatic heterocycles. The van der Waals surface area contributed by atoms with Crippen LogP contribution in [-0.4, -0.2) is 36.1 Å². The fourth-order valence-corrected chi connectivity index (χ4v) is 5.78. The Morgan fingerprint density at radius 1 is 1.20 bits per heavy atom. The molecule has 5 unspecified atom stereocenters. The summed E-state index contributed by atoms with van der Waals surface area (Å²) in [6.45, 7) is 11.3. The van der Waals surface area contributed by atoms with E-state index in [0.717, 1.165) is 32.4 Å². The predicted octanol–water partition coefficient (Wildman–Crippen LogP) is 4.34. The van der Waals surface area contributed by atoms with Gasteiger partial charge in [-0.3, -0.25) is 9.69 Å². The van der Waals surface area contributed by atoms with Gasteiger partial charge in [0, 0.05) is 23.9 Å². The summed E-state index contributed by atoms with van der Waals surface area (Å²) in [6.07, 6.45) is 14.4. The highest BCUT2D eigenvalue weighted by Gasteiger charge is 2.63. The number of allylic oxidation sites excluding steroid dienone is 3. The first-order valence-corrected chi connectivity index (χ1v) is 10.0. The Hall–Kier alpha value is -1.09. The molecule has 3 fully saturated rings. The van der Waals surface area contributed by atoms with Crippen LogP contribution in [-0.2, 0) is 9.53 Å². The van der Waals surface area contributed by atoms with E-state index in [0.29, 0.717) is 11.3 Å². The number of ether oxygens (including phenoxy) is 1. The van der Waals surface area contributed by atoms with Crippen LogP contribution < -0.4 is 0 Å². The first-order chi connectivity index (χ1) is 11.8. The highest BCUT2D eigenvalue weighted by atomic mass is 16.5. The van der Waals surface area contributed by atoms with E-state index in [1.807, 2.05) is 0 Å². The fourth-order valence-electron chi connectivity index (χ4n) is 5.78. The van der Waals surface area contributed by atoms with Crippen molar-refractivity contribution < 1.29 is 9.53 Å². The lowest BCUT2D eigenvalue weighted by atomic mass is 9.70. The molecule has 0 aromatic rings. The van der Waals surface area contributed by atoms with Crippen molar-refractivity contribution in [3.63, 3.8) is 0 Å². The Kier molecular flexibility index (Phi) is 3.95. The van der Waals surface area contributed by atoms with E-state index in [2.05, 4.69) is 56.9 Å². The molecule has 0 N–H and O–H groups in total. The maximum absolute atomic E-state index is 12.9. The molecule has 1 heterocycles. The minimum absolute atomic E-state index is 0.0260. The van der Waals surface area contributed by atoms with Gasteiger partial charge in [-0.25, -0.2) is 0 Å². The minimum atomic E-state index is -0.0260. The number of hydrogen-bond donors (Lipinski definition) is 0. The zero-order chi connectivity index (χ0) is 17.9. The van der Waals surface area contributed by atoms with Crippen LogP contribution in [0.5, 0.6) is 0 Å². The molecular weight excluding hydrogens is 310 g/mol. The van der Waals surface area contributed by atoms with Crippen LogP contribution in [0.15, 0.2) is 24.3 Å². The van der Waals surface area contributed by atoms with Crippen LogP contribution in [0.3, 0.4) is 0 Å². The van der Waals surface area contributed by atoms with Crippen molar-refractivity contribution in [3.8, 4) is 0 Å². The summed E-state index contributed by atoms with van der Waals surface area (Å²) in [7, 11) is 0. The van der Waals surface area contributed by atoms with Gasteiger partial charge in [-0.1, -0.05) is 52.0 Å². The van der Waals surface area contributed by atoms with Crippen molar-refractivity contribution in [3.05, 3.63) is 24.3 Å². The molecule has 3 nitrogen and oxygen atoms in total. The highest BCUT2D eigenvalue weighted by molar-refractivity contribution is 5.77. The van der Waals surface area contributed by atoms with Crippen LogP contribution >= 0.6 is 0 Å². The molecule has 5 atom stereocenters. The number of esters is 1. The van der Waals surface area contributed by atoms with Gasteiger partial charge in [0.25, 0.3) is 0 Å². The summed E-state index contributed by atoms with van der Waals surface area (Å²) in [5.41, 5.74) is 0.600. The van der Waals surface area contributed by atoms with E-state index in [9.17, 15) is 4.79 Å². The maximum Gasteiger partial charge on any atom is 0.323 e. The molecule has 1 aliphatic heterocycles. The first kappa shape index (κ1) is 17.3. The number of carbonyl (C=O) groups is 1. The standard InChI is InChI=1S/C22H33NO2/c1-20(2)16-8-12-22(20,4)18(14-16)25-19(24)17-9-13-23(17)15-21(3)10-6-5-7-11-21/h5-7,10,16-18H,8-9,11-15H2,1-4H3. The lowest BCUT2D eigenvalue weighted by Gasteiger charge is -2.45. The zero-order valence-electron chi connectivity index (χ0n) is 16.3. The quantitative estimate of drug-likeness (QED) is 0.711. The molecule has 25 heavy (non-hydrogen) atoms. The number of hydrogen-bond acceptors (Lipinski definition) is 3. The number of likely N-dealkylation sites (tertiary alicyclic amines) is 1. The van der Waals surface area contributed by atoms with Crippen LogP contribution in [0, 0.1) is 22.2 Å². The predicted molar refractivity (Wildman–Crippen MR) is 100 cm³/mol. The van der Waals surface area contributed by atoms with E-state index < -0.39 is 0 Å². The molecule has 0 aromatic carbocycles. The van der Waals surface area contributed by atoms with Gasteiger partial charge >= 0.3 is 5.97 Å². The summed E-state index contributed by atoms with van der Waals surface area (Å²) in [4.78, 5) is 15.2. The zero-order valence-corrected chi connectivity index (χ0v) is 16.3. The molecule has 2 saturated carbocycles. The molecule has 0 radical (unpaired) electrons. The number of rotatable bonds is 4. The van der Waals surface area contributed by atoms with Crippen LogP contribution in [0.2, 0.25) is 0 Å². The molecular formula is C22H33NO2. The third-order valence-corrected chi connectivity index (χ3v) is 8.27. The number of nitrogens with zero attached hydrogens (tertiary/aromatic N) is 1. The van der Waals surface area contributed by atoms with Crippen LogP contribution in [0.25, 0.3) is 0 Å². The van der Waals surface area contributed by atoms with Crippen molar-refractivity contribution in [2.24, 2.45) is 22.2 Å². The summed E-state index contributed by atoms with van der Waals surface area (Å²) >= 11 is 0. The summed E-state index contributed by atoms with van der Waals surface area (Å²) in [5, 5.41) is 0. The van der Waals surface area contributed by atoms with E-state index in [4.69, 9.17) is 4.74 Å². The van der Waals surface area contributed by atoms with Gasteiger partial charge in [0.15, 0.2) is 0 Å². The Labute approximate surface area is 152 Å². The minimum Gasteiger partial charge on any atom is -0.461 e. The highest BCUT2D eigenvalue weighted by Crippen LogP contribution is 2.66. The van der Waals surface area contributed by atoms with Crippen molar-refractivity contribution >= 4 is 5.97 Å². The third kappa shape index (κ3) is 2.61. The number of fused-ring (bicyclic) bond motifs is 2. The molecule has 1 saturated heterocycles.